The van der Waals surface area contributed by atoms with E-state index in [1.54, 1.807) is 13.8 Å². The van der Waals surface area contributed by atoms with Crippen molar-refractivity contribution in [1.29, 1.82) is 0 Å². The first kappa shape index (κ1) is 8.02. The van der Waals surface area contributed by atoms with Crippen LogP contribution in [-0.2, 0) is 13.6 Å². The van der Waals surface area contributed by atoms with Crippen LogP contribution in [0.25, 0.3) is 0 Å². The summed E-state index contributed by atoms with van der Waals surface area (Å²) in [5, 5.41) is 0. The summed E-state index contributed by atoms with van der Waals surface area (Å²) < 4.78 is 19.4. The molecule has 0 amide bonds. The molecule has 0 heterocycles. The van der Waals surface area contributed by atoms with Gasteiger partial charge in [-0.05, 0) is 13.8 Å². The molecule has 49 valence electrons. The van der Waals surface area contributed by atoms with Crippen LogP contribution in [0, 0.1) is 0 Å². The zero-order valence-electron chi connectivity index (χ0n) is 5.25. The Bertz CT molecular complexity index is 81.4. The fourth-order valence-corrected chi connectivity index (χ4v) is 0.645. The summed E-state index contributed by atoms with van der Waals surface area (Å²) >= 11 is 0. The van der Waals surface area contributed by atoms with Gasteiger partial charge in [0.2, 0.25) is 0 Å². The minimum Gasteiger partial charge on any atom is -0.286 e. The van der Waals surface area contributed by atoms with Crippen LogP contribution >= 0.6 is 8.25 Å². The van der Waals surface area contributed by atoms with Crippen LogP contribution in [0.5, 0.6) is 0 Å². The minimum atomic E-state index is -1.87. The third kappa shape index (κ3) is 4.19. The Kier molecular flexibility index (Phi) is 3.97. The molecule has 3 nitrogen and oxygen atoms in total. The van der Waals surface area contributed by atoms with Gasteiger partial charge in [-0.15, -0.1) is 0 Å². The molecule has 0 spiro atoms. The zero-order chi connectivity index (χ0) is 6.57. The normalized spacial score (nSPS) is 12.2. The molecule has 0 aliphatic carbocycles. The van der Waals surface area contributed by atoms with Gasteiger partial charge in [0.15, 0.2) is 0 Å². The lowest BCUT2D eigenvalue weighted by Gasteiger charge is -2.00. The smallest absolute Gasteiger partial charge is 0.286 e. The first-order chi connectivity index (χ1) is 3.66. The summed E-state index contributed by atoms with van der Waals surface area (Å²) in [6, 6.07) is 0. The lowest BCUT2D eigenvalue weighted by Crippen LogP contribution is -1.94. The highest BCUT2D eigenvalue weighted by atomic mass is 31.1. The maximum absolute atomic E-state index is 10.3. The third-order valence-corrected chi connectivity index (χ3v) is 1.34. The maximum Gasteiger partial charge on any atom is 0.368 e. The van der Waals surface area contributed by atoms with Crippen molar-refractivity contribution in [1.82, 2.24) is 0 Å². The molecule has 4 heteroatoms. The summed E-state index contributed by atoms with van der Waals surface area (Å²) in [6.45, 7) is 3.60. The van der Waals surface area contributed by atoms with Gasteiger partial charge in [0.1, 0.15) is 0 Å². The summed E-state index contributed by atoms with van der Waals surface area (Å²) in [5.74, 6) is 0. The Labute approximate surface area is 49.9 Å². The Hall–Kier alpha value is 0.0200. The van der Waals surface area contributed by atoms with Crippen molar-refractivity contribution in [3.63, 3.8) is 0 Å². The van der Waals surface area contributed by atoms with Gasteiger partial charge in [-0.2, -0.15) is 0 Å². The van der Waals surface area contributed by atoms with Crippen LogP contribution in [0.4, 0.5) is 0 Å². The molecule has 0 saturated heterocycles. The highest BCUT2D eigenvalue weighted by Gasteiger charge is 1.99. The van der Waals surface area contributed by atoms with E-state index in [0.717, 1.165) is 0 Å². The van der Waals surface area contributed by atoms with Crippen LogP contribution in [0.2, 0.25) is 0 Å². The van der Waals surface area contributed by atoms with Crippen LogP contribution in [0.3, 0.4) is 0 Å². The van der Waals surface area contributed by atoms with Crippen LogP contribution < -0.4 is 0 Å². The number of hydrogen-bond donors (Lipinski definition) is 0. The molecule has 0 aromatic rings. The van der Waals surface area contributed by atoms with Gasteiger partial charge in [0, 0.05) is 0 Å². The molecule has 1 atom stereocenters. The van der Waals surface area contributed by atoms with Gasteiger partial charge in [-0.25, -0.2) is 4.57 Å². The van der Waals surface area contributed by atoms with Crippen molar-refractivity contribution in [2.75, 3.05) is 7.11 Å². The van der Waals surface area contributed by atoms with E-state index in [2.05, 4.69) is 9.05 Å². The Balaban J connectivity index is 3.25. The number of rotatable bonds is 3. The molecule has 0 saturated carbocycles. The van der Waals surface area contributed by atoms with Crippen molar-refractivity contribution in [2.45, 2.75) is 20.0 Å². The predicted octanol–water partition coefficient (Wildman–Crippen LogP) is 1.72. The van der Waals surface area contributed by atoms with E-state index in [1.165, 1.54) is 7.11 Å². The molecule has 1 radical (unpaired) electrons. The molecule has 0 bridgehead atoms. The van der Waals surface area contributed by atoms with E-state index in [-0.39, 0.29) is 6.10 Å². The number of hydrogen-bond acceptors (Lipinski definition) is 3. The lowest BCUT2D eigenvalue weighted by molar-refractivity contribution is 0.207. The van der Waals surface area contributed by atoms with Crippen LogP contribution in [0.1, 0.15) is 13.8 Å². The summed E-state index contributed by atoms with van der Waals surface area (Å²) in [6.07, 6.45) is -0.0291. The van der Waals surface area contributed by atoms with E-state index in [1.807, 2.05) is 0 Å². The largest absolute Gasteiger partial charge is 0.368 e. The molecule has 0 N–H and O–H groups in total. The fourth-order valence-electron chi connectivity index (χ4n) is 0.215. The van der Waals surface area contributed by atoms with Crippen LogP contribution in [-0.4, -0.2) is 13.2 Å². The molecule has 0 rings (SSSR count). The predicted molar refractivity (Wildman–Crippen MR) is 30.8 cm³/mol. The third-order valence-electron chi connectivity index (χ3n) is 0.446. The van der Waals surface area contributed by atoms with E-state index in [0.29, 0.717) is 0 Å². The van der Waals surface area contributed by atoms with Gasteiger partial charge in [0.25, 0.3) is 0 Å². The van der Waals surface area contributed by atoms with Crippen molar-refractivity contribution in [3.8, 4) is 0 Å². The average molecular weight is 137 g/mol. The summed E-state index contributed by atoms with van der Waals surface area (Å²) in [7, 11) is -0.520. The second kappa shape index (κ2) is 3.96. The standard InChI is InChI=1S/C4H10O3P/c1-4(2)7-8(5)6-3/h4H,1-3H3. The molecule has 1 unspecified atom stereocenters. The molecular formula is C4H10O3P. The Morgan fingerprint density at radius 1 is 1.50 bits per heavy atom. The highest BCUT2D eigenvalue weighted by Crippen LogP contribution is 2.23. The van der Waals surface area contributed by atoms with Gasteiger partial charge >= 0.3 is 8.25 Å². The zero-order valence-corrected chi connectivity index (χ0v) is 6.14. The van der Waals surface area contributed by atoms with Gasteiger partial charge in [-0.1, -0.05) is 0 Å². The van der Waals surface area contributed by atoms with Gasteiger partial charge in [0.05, 0.1) is 13.2 Å². The van der Waals surface area contributed by atoms with Crippen molar-refractivity contribution < 1.29 is 13.6 Å². The second-order valence-corrected chi connectivity index (χ2v) is 2.58. The van der Waals surface area contributed by atoms with E-state index < -0.39 is 8.25 Å². The Morgan fingerprint density at radius 2 is 2.00 bits per heavy atom. The lowest BCUT2D eigenvalue weighted by atomic mass is 10.5. The molecule has 0 aliphatic heterocycles. The van der Waals surface area contributed by atoms with Gasteiger partial charge in [-0.3, -0.25) is 9.05 Å². The first-order valence-electron chi connectivity index (χ1n) is 2.35. The fraction of sp³-hybridized carbons (Fsp3) is 1.00. The molecule has 0 aromatic carbocycles. The van der Waals surface area contributed by atoms with E-state index >= 15 is 0 Å². The average Bonchev–Trinajstić information content (AvgIpc) is 1.65. The van der Waals surface area contributed by atoms with Gasteiger partial charge < -0.3 is 0 Å². The quantitative estimate of drug-likeness (QED) is 0.555. The molecule has 0 aromatic heterocycles. The van der Waals surface area contributed by atoms with Crippen LogP contribution in [0.15, 0.2) is 0 Å². The summed E-state index contributed by atoms with van der Waals surface area (Å²) in [4.78, 5) is 0. The highest BCUT2D eigenvalue weighted by molar-refractivity contribution is 7.33. The van der Waals surface area contributed by atoms with Crippen molar-refractivity contribution in [3.05, 3.63) is 0 Å². The van der Waals surface area contributed by atoms with E-state index in [9.17, 15) is 4.57 Å². The Morgan fingerprint density at radius 3 is 2.12 bits per heavy atom. The first-order valence-corrected chi connectivity index (χ1v) is 3.44. The van der Waals surface area contributed by atoms with E-state index in [4.69, 9.17) is 0 Å². The monoisotopic (exact) mass is 137 g/mol. The topological polar surface area (TPSA) is 35.5 Å². The molecule has 8 heavy (non-hydrogen) atoms. The SMILES string of the molecule is CO[P](=O)OC(C)C. The molecule has 0 fully saturated rings. The van der Waals surface area contributed by atoms with Crippen molar-refractivity contribution >= 4 is 8.25 Å². The second-order valence-electron chi connectivity index (χ2n) is 1.56. The van der Waals surface area contributed by atoms with Crippen molar-refractivity contribution in [2.24, 2.45) is 0 Å². The minimum absolute atomic E-state index is 0.0291. The summed E-state index contributed by atoms with van der Waals surface area (Å²) in [5.41, 5.74) is 0. The maximum atomic E-state index is 10.3. The molecule has 0 aliphatic rings. The molecular weight excluding hydrogens is 127 g/mol.